The number of benzene rings is 1. The fourth-order valence-electron chi connectivity index (χ4n) is 2.60. The topological polar surface area (TPSA) is 81.8 Å². The summed E-state index contributed by atoms with van der Waals surface area (Å²) in [6.45, 7) is 0.536. The van der Waals surface area contributed by atoms with Crippen LogP contribution in [0.2, 0.25) is 0 Å². The van der Waals surface area contributed by atoms with Crippen molar-refractivity contribution in [1.29, 1.82) is 0 Å². The van der Waals surface area contributed by atoms with E-state index in [1.807, 2.05) is 30.3 Å². The van der Waals surface area contributed by atoms with Gasteiger partial charge in [0.2, 0.25) is 0 Å². The molecule has 2 N–H and O–H groups in total. The molecular formula is C18H16N3O3+. The Bertz CT molecular complexity index is 868. The zero-order chi connectivity index (χ0) is 16.2. The lowest BCUT2D eigenvalue weighted by Crippen LogP contribution is -2.84. The van der Waals surface area contributed by atoms with Crippen LogP contribution in [0.5, 0.6) is 0 Å². The average Bonchev–Trinajstić information content (AvgIpc) is 3.38. The van der Waals surface area contributed by atoms with Crippen molar-refractivity contribution in [1.82, 2.24) is 10.2 Å². The molecule has 0 bridgehead atoms. The minimum absolute atomic E-state index is 0.0279. The third-order valence-corrected chi connectivity index (χ3v) is 3.74. The molecule has 0 radical (unpaired) electrons. The van der Waals surface area contributed by atoms with Gasteiger partial charge < -0.3 is 18.6 Å². The number of hydrogen-bond donors (Lipinski definition) is 1. The van der Waals surface area contributed by atoms with Crippen LogP contribution in [0.4, 0.5) is 0 Å². The summed E-state index contributed by atoms with van der Waals surface area (Å²) in [4.78, 5) is 0. The van der Waals surface area contributed by atoms with E-state index in [-0.39, 0.29) is 6.04 Å². The molecule has 4 aromatic rings. The minimum Gasteiger partial charge on any atom is -0.463 e. The second kappa shape index (κ2) is 6.55. The molecule has 3 heterocycles. The number of nitrogens with zero attached hydrogens (tertiary/aromatic N) is 2. The highest BCUT2D eigenvalue weighted by atomic mass is 16.4. The maximum atomic E-state index is 5.65. The Hall–Kier alpha value is -3.12. The summed E-state index contributed by atoms with van der Waals surface area (Å²) in [6.07, 6.45) is 3.26. The quantitative estimate of drug-likeness (QED) is 0.590. The average molecular weight is 322 g/mol. The number of rotatable bonds is 6. The standard InChI is InChI=1S/C18H15N3O3/c1-2-6-13(7-3-1)17(14-8-4-10-22-14)19-12-16-20-21-18(24-16)15-9-5-11-23-15/h1-11,17,19H,12H2/p+1/t17-/m0/s1. The van der Waals surface area contributed by atoms with E-state index in [0.717, 1.165) is 11.3 Å². The zero-order valence-corrected chi connectivity index (χ0v) is 12.8. The summed E-state index contributed by atoms with van der Waals surface area (Å²) in [6, 6.07) is 17.6. The van der Waals surface area contributed by atoms with Gasteiger partial charge in [-0.3, -0.25) is 0 Å². The number of hydrogen-bond acceptors (Lipinski definition) is 5. The summed E-state index contributed by atoms with van der Waals surface area (Å²) < 4.78 is 16.5. The Kier molecular flexibility index (Phi) is 3.95. The fourth-order valence-corrected chi connectivity index (χ4v) is 2.60. The van der Waals surface area contributed by atoms with Crippen molar-refractivity contribution in [3.05, 3.63) is 84.3 Å². The SMILES string of the molecule is c1ccc([C@H]([NH2+]Cc2nnc(-c3ccco3)o2)c2ccco2)cc1. The molecule has 0 aliphatic heterocycles. The second-order valence-corrected chi connectivity index (χ2v) is 5.32. The first-order chi connectivity index (χ1) is 11.9. The smallest absolute Gasteiger partial charge is 0.283 e. The van der Waals surface area contributed by atoms with E-state index in [1.54, 1.807) is 24.7 Å². The molecule has 1 aromatic carbocycles. The maximum Gasteiger partial charge on any atom is 0.283 e. The monoisotopic (exact) mass is 322 g/mol. The third-order valence-electron chi connectivity index (χ3n) is 3.74. The van der Waals surface area contributed by atoms with Gasteiger partial charge in [-0.1, -0.05) is 30.3 Å². The minimum atomic E-state index is 0.0279. The number of quaternary nitrogens is 1. The van der Waals surface area contributed by atoms with E-state index >= 15 is 0 Å². The highest BCUT2D eigenvalue weighted by Gasteiger charge is 2.21. The van der Waals surface area contributed by atoms with Gasteiger partial charge in [0.1, 0.15) is 0 Å². The molecule has 0 aliphatic rings. The summed E-state index contributed by atoms with van der Waals surface area (Å²) in [7, 11) is 0. The lowest BCUT2D eigenvalue weighted by Gasteiger charge is -2.12. The van der Waals surface area contributed by atoms with Gasteiger partial charge >= 0.3 is 0 Å². The van der Waals surface area contributed by atoms with Gasteiger partial charge in [-0.05, 0) is 24.3 Å². The van der Waals surface area contributed by atoms with Crippen molar-refractivity contribution < 1.29 is 18.6 Å². The summed E-state index contributed by atoms with van der Waals surface area (Å²) in [5.41, 5.74) is 1.15. The second-order valence-electron chi connectivity index (χ2n) is 5.32. The molecule has 6 heteroatoms. The predicted octanol–water partition coefficient (Wildman–Crippen LogP) is 2.78. The molecule has 1 atom stereocenters. The fraction of sp³-hybridized carbons (Fsp3) is 0.111. The molecule has 0 aliphatic carbocycles. The Morgan fingerprint density at radius 2 is 1.71 bits per heavy atom. The van der Waals surface area contributed by atoms with Gasteiger partial charge in [0.05, 0.1) is 12.5 Å². The molecular weight excluding hydrogens is 306 g/mol. The lowest BCUT2D eigenvalue weighted by atomic mass is 10.0. The zero-order valence-electron chi connectivity index (χ0n) is 12.8. The Balaban J connectivity index is 1.52. The molecule has 3 aromatic heterocycles. The van der Waals surface area contributed by atoms with Crippen molar-refractivity contribution in [2.24, 2.45) is 0 Å². The van der Waals surface area contributed by atoms with Gasteiger partial charge in [0.25, 0.3) is 11.8 Å². The molecule has 0 unspecified atom stereocenters. The number of furan rings is 2. The first-order valence-electron chi connectivity index (χ1n) is 7.68. The van der Waals surface area contributed by atoms with Crippen LogP contribution in [0.15, 0.2) is 80.4 Å². The third kappa shape index (κ3) is 3.00. The van der Waals surface area contributed by atoms with Crippen LogP contribution in [0.1, 0.15) is 23.3 Å². The molecule has 6 nitrogen and oxygen atoms in total. The van der Waals surface area contributed by atoms with Gasteiger partial charge in [-0.2, -0.15) is 0 Å². The van der Waals surface area contributed by atoms with Crippen molar-refractivity contribution in [2.45, 2.75) is 12.6 Å². The van der Waals surface area contributed by atoms with Crippen LogP contribution < -0.4 is 5.32 Å². The largest absolute Gasteiger partial charge is 0.463 e. The summed E-state index contributed by atoms with van der Waals surface area (Å²) >= 11 is 0. The predicted molar refractivity (Wildman–Crippen MR) is 84.6 cm³/mol. The molecule has 0 amide bonds. The highest BCUT2D eigenvalue weighted by Crippen LogP contribution is 2.20. The molecule has 4 rings (SSSR count). The van der Waals surface area contributed by atoms with E-state index < -0.39 is 0 Å². The molecule has 24 heavy (non-hydrogen) atoms. The molecule has 0 spiro atoms. The van der Waals surface area contributed by atoms with Crippen LogP contribution in [0, 0.1) is 0 Å². The van der Waals surface area contributed by atoms with Gasteiger partial charge in [-0.15, -0.1) is 10.2 Å². The van der Waals surface area contributed by atoms with Gasteiger partial charge in [-0.25, -0.2) is 0 Å². The van der Waals surface area contributed by atoms with E-state index in [2.05, 4.69) is 27.6 Å². The van der Waals surface area contributed by atoms with Crippen LogP contribution in [0.25, 0.3) is 11.7 Å². The Morgan fingerprint density at radius 3 is 2.46 bits per heavy atom. The molecule has 120 valence electrons. The van der Waals surface area contributed by atoms with E-state index in [1.165, 1.54) is 0 Å². The number of nitrogens with two attached hydrogens (primary N) is 1. The van der Waals surface area contributed by atoms with E-state index in [4.69, 9.17) is 13.3 Å². The van der Waals surface area contributed by atoms with Crippen LogP contribution in [-0.2, 0) is 6.54 Å². The van der Waals surface area contributed by atoms with Gasteiger partial charge in [0.15, 0.2) is 24.1 Å². The van der Waals surface area contributed by atoms with Crippen molar-refractivity contribution >= 4 is 0 Å². The first kappa shape index (κ1) is 14.5. The van der Waals surface area contributed by atoms with Crippen LogP contribution >= 0.6 is 0 Å². The first-order valence-corrected chi connectivity index (χ1v) is 7.68. The normalized spacial score (nSPS) is 12.3. The van der Waals surface area contributed by atoms with Crippen molar-refractivity contribution in [2.75, 3.05) is 0 Å². The maximum absolute atomic E-state index is 5.65. The van der Waals surface area contributed by atoms with Gasteiger partial charge in [0, 0.05) is 5.56 Å². The Labute approximate surface area is 138 Å². The molecule has 0 saturated carbocycles. The van der Waals surface area contributed by atoms with Crippen LogP contribution in [-0.4, -0.2) is 10.2 Å². The highest BCUT2D eigenvalue weighted by molar-refractivity contribution is 5.42. The Morgan fingerprint density at radius 1 is 0.875 bits per heavy atom. The van der Waals surface area contributed by atoms with Crippen LogP contribution in [0.3, 0.4) is 0 Å². The van der Waals surface area contributed by atoms with Crippen molar-refractivity contribution in [3.63, 3.8) is 0 Å². The number of aromatic nitrogens is 2. The molecule has 0 fully saturated rings. The molecule has 0 saturated heterocycles. The van der Waals surface area contributed by atoms with Crippen molar-refractivity contribution in [3.8, 4) is 11.7 Å². The van der Waals surface area contributed by atoms with E-state index in [9.17, 15) is 0 Å². The van der Waals surface area contributed by atoms with E-state index in [0.29, 0.717) is 24.1 Å². The summed E-state index contributed by atoms with van der Waals surface area (Å²) in [5.74, 6) is 2.37. The summed E-state index contributed by atoms with van der Waals surface area (Å²) in [5, 5.41) is 10.2. The lowest BCUT2D eigenvalue weighted by molar-refractivity contribution is -0.706.